The molecule has 2 atom stereocenters. The molecule has 1 spiro atoms. The Morgan fingerprint density at radius 1 is 1.08 bits per heavy atom. The van der Waals surface area contributed by atoms with Gasteiger partial charge >= 0.3 is 0 Å². The van der Waals surface area contributed by atoms with Crippen LogP contribution >= 0.6 is 0 Å². The van der Waals surface area contributed by atoms with E-state index in [0.29, 0.717) is 38.2 Å². The highest BCUT2D eigenvalue weighted by molar-refractivity contribution is 5.98. The first-order chi connectivity index (χ1) is 12.4. The van der Waals surface area contributed by atoms with Crippen molar-refractivity contribution in [1.29, 1.82) is 0 Å². The summed E-state index contributed by atoms with van der Waals surface area (Å²) in [5, 5.41) is 25.4. The second kappa shape index (κ2) is 7.43. The van der Waals surface area contributed by atoms with Crippen LogP contribution in [0.1, 0.15) is 19.3 Å². The highest BCUT2D eigenvalue weighted by atomic mass is 16.3. The summed E-state index contributed by atoms with van der Waals surface area (Å²) in [4.78, 5) is 37.8. The Kier molecular flexibility index (Phi) is 5.24. The van der Waals surface area contributed by atoms with E-state index in [1.807, 2.05) is 0 Å². The van der Waals surface area contributed by atoms with E-state index in [1.165, 1.54) is 4.90 Å². The van der Waals surface area contributed by atoms with E-state index in [1.54, 1.807) is 30.3 Å². The molecule has 2 heterocycles. The number of benzene rings is 1. The summed E-state index contributed by atoms with van der Waals surface area (Å²) in [5.74, 6) is -1.53. The normalized spacial score (nSPS) is 21.2. The van der Waals surface area contributed by atoms with Crippen LogP contribution in [0.2, 0.25) is 0 Å². The van der Waals surface area contributed by atoms with Crippen molar-refractivity contribution >= 4 is 23.4 Å². The van der Waals surface area contributed by atoms with Crippen LogP contribution in [-0.4, -0.2) is 64.7 Å². The maximum atomic E-state index is 12.4. The van der Waals surface area contributed by atoms with Gasteiger partial charge in [0.1, 0.15) is 0 Å². The van der Waals surface area contributed by atoms with Crippen molar-refractivity contribution in [2.24, 2.45) is 5.41 Å². The SMILES string of the molecule is O=C(Nc1ccccc1)[C@@H](O)[C@H](O)C(=O)N1CCC2(CCNC2=O)CC1. The van der Waals surface area contributed by atoms with Crippen molar-refractivity contribution in [3.63, 3.8) is 0 Å². The van der Waals surface area contributed by atoms with Crippen molar-refractivity contribution in [1.82, 2.24) is 10.2 Å². The highest BCUT2D eigenvalue weighted by Crippen LogP contribution is 2.38. The zero-order chi connectivity index (χ0) is 18.7. The summed E-state index contributed by atoms with van der Waals surface area (Å²) in [6.45, 7) is 1.28. The summed E-state index contributed by atoms with van der Waals surface area (Å²) in [6, 6.07) is 8.47. The minimum absolute atomic E-state index is 0.0208. The van der Waals surface area contributed by atoms with Gasteiger partial charge in [-0.1, -0.05) is 18.2 Å². The fourth-order valence-electron chi connectivity index (χ4n) is 3.55. The van der Waals surface area contributed by atoms with Gasteiger partial charge in [-0.15, -0.1) is 0 Å². The Morgan fingerprint density at radius 2 is 1.73 bits per heavy atom. The third kappa shape index (κ3) is 3.56. The van der Waals surface area contributed by atoms with E-state index in [2.05, 4.69) is 10.6 Å². The average molecular weight is 361 g/mol. The number of nitrogens with zero attached hydrogens (tertiary/aromatic N) is 1. The standard InChI is InChI=1S/C18H23N3O5/c22-13(15(24)20-12-4-2-1-3-5-12)14(23)16(25)21-10-7-18(8-11-21)6-9-19-17(18)26/h1-5,13-14,22-23H,6-11H2,(H,19,26)(H,20,24)/t13-,14-/m0/s1. The molecule has 0 radical (unpaired) electrons. The molecule has 0 bridgehead atoms. The first-order valence-corrected chi connectivity index (χ1v) is 8.72. The molecule has 4 N–H and O–H groups in total. The van der Waals surface area contributed by atoms with E-state index in [4.69, 9.17) is 0 Å². The number of nitrogens with one attached hydrogen (secondary N) is 2. The Bertz CT molecular complexity index is 685. The number of aliphatic hydroxyl groups is 2. The molecule has 2 saturated heterocycles. The predicted octanol–water partition coefficient (Wildman–Crippen LogP) is -0.524. The van der Waals surface area contributed by atoms with Crippen LogP contribution in [0.25, 0.3) is 0 Å². The molecule has 2 fully saturated rings. The highest BCUT2D eigenvalue weighted by Gasteiger charge is 2.46. The zero-order valence-corrected chi connectivity index (χ0v) is 14.4. The minimum atomic E-state index is -1.87. The number of piperidine rings is 1. The number of amides is 3. The van der Waals surface area contributed by atoms with Gasteiger partial charge in [-0.3, -0.25) is 14.4 Å². The number of anilines is 1. The molecule has 2 aliphatic rings. The first kappa shape index (κ1) is 18.3. The van der Waals surface area contributed by atoms with Gasteiger partial charge in [0, 0.05) is 25.3 Å². The Morgan fingerprint density at radius 3 is 2.31 bits per heavy atom. The fraction of sp³-hybridized carbons (Fsp3) is 0.500. The average Bonchev–Trinajstić information content (AvgIpc) is 3.01. The Hall–Kier alpha value is -2.45. The van der Waals surface area contributed by atoms with Crippen molar-refractivity contribution in [3.05, 3.63) is 30.3 Å². The van der Waals surface area contributed by atoms with Gasteiger partial charge in [-0.25, -0.2) is 0 Å². The molecular formula is C18H23N3O5. The molecule has 0 aromatic heterocycles. The van der Waals surface area contributed by atoms with Crippen LogP contribution in [0, 0.1) is 5.41 Å². The molecule has 0 saturated carbocycles. The van der Waals surface area contributed by atoms with E-state index >= 15 is 0 Å². The monoisotopic (exact) mass is 361 g/mol. The summed E-state index contributed by atoms with van der Waals surface area (Å²) >= 11 is 0. The number of para-hydroxylation sites is 1. The molecule has 0 unspecified atom stereocenters. The molecule has 1 aromatic rings. The first-order valence-electron chi connectivity index (χ1n) is 8.72. The zero-order valence-electron chi connectivity index (χ0n) is 14.4. The van der Waals surface area contributed by atoms with Gasteiger partial charge in [-0.05, 0) is 31.4 Å². The van der Waals surface area contributed by atoms with Crippen molar-refractivity contribution in [3.8, 4) is 0 Å². The molecule has 26 heavy (non-hydrogen) atoms. The van der Waals surface area contributed by atoms with Gasteiger partial charge in [0.25, 0.3) is 11.8 Å². The third-order valence-corrected chi connectivity index (χ3v) is 5.27. The van der Waals surface area contributed by atoms with E-state index in [-0.39, 0.29) is 5.91 Å². The number of hydrogen-bond donors (Lipinski definition) is 4. The lowest BCUT2D eigenvalue weighted by Gasteiger charge is -2.38. The predicted molar refractivity (Wildman–Crippen MR) is 93.0 cm³/mol. The molecule has 2 aliphatic heterocycles. The Labute approximate surface area is 151 Å². The summed E-state index contributed by atoms with van der Waals surface area (Å²) in [5.41, 5.74) is 0.0359. The molecule has 8 nitrogen and oxygen atoms in total. The lowest BCUT2D eigenvalue weighted by Crippen LogP contribution is -2.53. The summed E-state index contributed by atoms with van der Waals surface area (Å²) in [6.07, 6.45) is -1.93. The topological polar surface area (TPSA) is 119 Å². The fourth-order valence-corrected chi connectivity index (χ4v) is 3.55. The second-order valence-electron chi connectivity index (χ2n) is 6.86. The molecule has 3 rings (SSSR count). The number of carbonyl (C=O) groups excluding carboxylic acids is 3. The molecular weight excluding hydrogens is 338 g/mol. The molecule has 8 heteroatoms. The van der Waals surface area contributed by atoms with Crippen molar-refractivity contribution in [2.75, 3.05) is 25.0 Å². The largest absolute Gasteiger partial charge is 0.380 e. The minimum Gasteiger partial charge on any atom is -0.380 e. The number of carbonyl (C=O) groups is 3. The van der Waals surface area contributed by atoms with Crippen molar-refractivity contribution < 1.29 is 24.6 Å². The number of hydrogen-bond acceptors (Lipinski definition) is 5. The van der Waals surface area contributed by atoms with E-state index < -0.39 is 29.4 Å². The van der Waals surface area contributed by atoms with Gasteiger partial charge in [0.05, 0.1) is 5.41 Å². The number of likely N-dealkylation sites (tertiary alicyclic amines) is 1. The van der Waals surface area contributed by atoms with Gasteiger partial charge in [0.15, 0.2) is 12.2 Å². The molecule has 140 valence electrons. The quantitative estimate of drug-likeness (QED) is 0.575. The number of rotatable bonds is 4. The third-order valence-electron chi connectivity index (χ3n) is 5.27. The maximum absolute atomic E-state index is 12.4. The van der Waals surface area contributed by atoms with Crippen LogP contribution in [0.3, 0.4) is 0 Å². The Balaban J connectivity index is 1.55. The van der Waals surface area contributed by atoms with Crippen LogP contribution < -0.4 is 10.6 Å². The maximum Gasteiger partial charge on any atom is 0.256 e. The summed E-state index contributed by atoms with van der Waals surface area (Å²) in [7, 11) is 0. The lowest BCUT2D eigenvalue weighted by molar-refractivity contribution is -0.154. The second-order valence-corrected chi connectivity index (χ2v) is 6.86. The van der Waals surface area contributed by atoms with Crippen LogP contribution in [0.15, 0.2) is 30.3 Å². The van der Waals surface area contributed by atoms with Crippen LogP contribution in [0.4, 0.5) is 5.69 Å². The van der Waals surface area contributed by atoms with Gasteiger partial charge in [-0.2, -0.15) is 0 Å². The van der Waals surface area contributed by atoms with Crippen LogP contribution in [-0.2, 0) is 14.4 Å². The van der Waals surface area contributed by atoms with E-state index in [9.17, 15) is 24.6 Å². The van der Waals surface area contributed by atoms with Gasteiger partial charge < -0.3 is 25.7 Å². The lowest BCUT2D eigenvalue weighted by atomic mass is 9.77. The van der Waals surface area contributed by atoms with Crippen molar-refractivity contribution in [2.45, 2.75) is 31.5 Å². The van der Waals surface area contributed by atoms with Crippen LogP contribution in [0.5, 0.6) is 0 Å². The van der Waals surface area contributed by atoms with Gasteiger partial charge in [0.2, 0.25) is 5.91 Å². The smallest absolute Gasteiger partial charge is 0.256 e. The number of aliphatic hydroxyl groups excluding tert-OH is 2. The van der Waals surface area contributed by atoms with E-state index in [0.717, 1.165) is 6.42 Å². The molecule has 1 aromatic carbocycles. The molecule has 0 aliphatic carbocycles. The summed E-state index contributed by atoms with van der Waals surface area (Å²) < 4.78 is 0. The molecule has 3 amide bonds.